The predicted molar refractivity (Wildman–Crippen MR) is 151 cm³/mol. The Hall–Kier alpha value is -3.08. The van der Waals surface area contributed by atoms with Gasteiger partial charge >= 0.3 is 5.97 Å². The van der Waals surface area contributed by atoms with Crippen molar-refractivity contribution >= 4 is 23.6 Å². The summed E-state index contributed by atoms with van der Waals surface area (Å²) in [4.78, 5) is 27.6. The molecule has 0 unspecified atom stereocenters. The molecule has 37 heavy (non-hydrogen) atoms. The second-order valence-electron chi connectivity index (χ2n) is 9.97. The van der Waals surface area contributed by atoms with E-state index in [2.05, 4.69) is 6.92 Å². The molecule has 1 aliphatic rings. The van der Waals surface area contributed by atoms with Crippen LogP contribution in [0.1, 0.15) is 83.6 Å². The van der Waals surface area contributed by atoms with Crippen LogP contribution >= 0.6 is 0 Å². The number of rotatable bonds is 16. The van der Waals surface area contributed by atoms with E-state index in [0.717, 1.165) is 29.8 Å². The SMILES string of the molecule is CCCCCCCCCCCC(=O)O[C@@H](C)[C@H]1C(=O)N(c2ccc(OC)cc2)[C@H]1/C=C/c1ccccc1. The second kappa shape index (κ2) is 15.2. The normalized spacial score (nSPS) is 18.0. The third-order valence-corrected chi connectivity index (χ3v) is 7.13. The maximum atomic E-state index is 13.3. The maximum Gasteiger partial charge on any atom is 0.306 e. The molecule has 1 amide bonds. The van der Waals surface area contributed by atoms with E-state index in [9.17, 15) is 9.59 Å². The number of amides is 1. The number of hydrogen-bond donors (Lipinski definition) is 0. The van der Waals surface area contributed by atoms with Gasteiger partial charge in [-0.05, 0) is 43.2 Å². The van der Waals surface area contributed by atoms with Crippen LogP contribution in [-0.4, -0.2) is 31.1 Å². The number of methoxy groups -OCH3 is 1. The zero-order valence-electron chi connectivity index (χ0n) is 22.7. The van der Waals surface area contributed by atoms with Gasteiger partial charge in [-0.25, -0.2) is 0 Å². The summed E-state index contributed by atoms with van der Waals surface area (Å²) in [6, 6.07) is 17.3. The van der Waals surface area contributed by atoms with E-state index in [-0.39, 0.29) is 17.9 Å². The van der Waals surface area contributed by atoms with E-state index < -0.39 is 12.0 Å². The Morgan fingerprint density at radius 1 is 0.919 bits per heavy atom. The number of carbonyl (C=O) groups excluding carboxylic acids is 2. The zero-order chi connectivity index (χ0) is 26.5. The van der Waals surface area contributed by atoms with E-state index >= 15 is 0 Å². The Kier molecular flexibility index (Phi) is 11.7. The lowest BCUT2D eigenvalue weighted by atomic mass is 9.82. The first-order valence-corrected chi connectivity index (χ1v) is 13.9. The van der Waals surface area contributed by atoms with E-state index in [1.165, 1.54) is 44.9 Å². The van der Waals surface area contributed by atoms with Gasteiger partial charge < -0.3 is 14.4 Å². The van der Waals surface area contributed by atoms with Gasteiger partial charge in [0, 0.05) is 12.1 Å². The number of nitrogens with zero attached hydrogens (tertiary/aromatic N) is 1. The van der Waals surface area contributed by atoms with Crippen LogP contribution in [0.2, 0.25) is 0 Å². The van der Waals surface area contributed by atoms with Gasteiger partial charge in [-0.1, -0.05) is 101 Å². The Bertz CT molecular complexity index is 986. The molecule has 1 fully saturated rings. The van der Waals surface area contributed by atoms with Crippen LogP contribution in [0.4, 0.5) is 5.69 Å². The summed E-state index contributed by atoms with van der Waals surface area (Å²) in [7, 11) is 1.62. The highest BCUT2D eigenvalue weighted by Gasteiger charge is 2.50. The summed E-state index contributed by atoms with van der Waals surface area (Å²) in [5.41, 5.74) is 1.86. The van der Waals surface area contributed by atoms with Crippen molar-refractivity contribution in [3.05, 3.63) is 66.2 Å². The molecule has 5 nitrogen and oxygen atoms in total. The molecule has 1 aliphatic heterocycles. The third kappa shape index (κ3) is 8.48. The summed E-state index contributed by atoms with van der Waals surface area (Å²) >= 11 is 0. The largest absolute Gasteiger partial charge is 0.497 e. The lowest BCUT2D eigenvalue weighted by Crippen LogP contribution is -2.64. The molecule has 0 aliphatic carbocycles. The fourth-order valence-electron chi connectivity index (χ4n) is 4.95. The van der Waals surface area contributed by atoms with Gasteiger partial charge in [-0.3, -0.25) is 9.59 Å². The fraction of sp³-hybridized carbons (Fsp3) is 0.500. The summed E-state index contributed by atoms with van der Waals surface area (Å²) in [6.45, 7) is 4.07. The summed E-state index contributed by atoms with van der Waals surface area (Å²) in [5, 5.41) is 0. The maximum absolute atomic E-state index is 13.3. The predicted octanol–water partition coefficient (Wildman–Crippen LogP) is 7.59. The van der Waals surface area contributed by atoms with Gasteiger partial charge in [-0.15, -0.1) is 0 Å². The summed E-state index contributed by atoms with van der Waals surface area (Å²) in [6.07, 6.45) is 14.8. The number of carbonyl (C=O) groups is 2. The van der Waals surface area contributed by atoms with Crippen LogP contribution in [-0.2, 0) is 14.3 Å². The van der Waals surface area contributed by atoms with Crippen molar-refractivity contribution in [2.45, 2.75) is 90.2 Å². The van der Waals surface area contributed by atoms with Crippen LogP contribution < -0.4 is 9.64 Å². The summed E-state index contributed by atoms with van der Waals surface area (Å²) < 4.78 is 11.0. The minimum Gasteiger partial charge on any atom is -0.497 e. The van der Waals surface area contributed by atoms with Crippen molar-refractivity contribution in [3.8, 4) is 5.75 Å². The van der Waals surface area contributed by atoms with Gasteiger partial charge in [0.05, 0.1) is 19.1 Å². The standard InChI is InChI=1S/C32H43NO4/c1-4-5-6-7-8-9-10-11-15-18-30(34)37-25(2)31-29(24-19-26-16-13-12-14-17-26)33(32(31)35)27-20-22-28(36-3)23-21-27/h12-14,16-17,19-25,29,31H,4-11,15,18H2,1-3H3/b24-19+/t25-,29-,31+/m0/s1. The van der Waals surface area contributed by atoms with Crippen LogP contribution in [0.5, 0.6) is 5.75 Å². The lowest BCUT2D eigenvalue weighted by molar-refractivity contribution is -0.155. The van der Waals surface area contributed by atoms with Gasteiger partial charge in [0.1, 0.15) is 11.9 Å². The molecule has 0 aromatic heterocycles. The molecule has 0 saturated carbocycles. The molecule has 1 heterocycles. The van der Waals surface area contributed by atoms with Crippen molar-refractivity contribution in [3.63, 3.8) is 0 Å². The molecule has 0 spiro atoms. The topological polar surface area (TPSA) is 55.8 Å². The van der Waals surface area contributed by atoms with Gasteiger partial charge in [0.25, 0.3) is 0 Å². The lowest BCUT2D eigenvalue weighted by Gasteiger charge is -2.47. The minimum absolute atomic E-state index is 0.0312. The van der Waals surface area contributed by atoms with Crippen molar-refractivity contribution in [2.75, 3.05) is 12.0 Å². The average molecular weight is 506 g/mol. The van der Waals surface area contributed by atoms with Crippen LogP contribution in [0, 0.1) is 5.92 Å². The van der Waals surface area contributed by atoms with Crippen LogP contribution in [0.25, 0.3) is 6.08 Å². The van der Waals surface area contributed by atoms with E-state index in [4.69, 9.17) is 9.47 Å². The molecule has 0 radical (unpaired) electrons. The third-order valence-electron chi connectivity index (χ3n) is 7.13. The minimum atomic E-state index is -0.488. The van der Waals surface area contributed by atoms with Gasteiger partial charge in [-0.2, -0.15) is 0 Å². The molecule has 2 aromatic rings. The summed E-state index contributed by atoms with van der Waals surface area (Å²) in [5.74, 6) is 0.0887. The quantitative estimate of drug-likeness (QED) is 0.134. The molecule has 5 heteroatoms. The molecule has 1 saturated heterocycles. The fourth-order valence-corrected chi connectivity index (χ4v) is 4.95. The van der Waals surface area contributed by atoms with Crippen molar-refractivity contribution in [1.29, 1.82) is 0 Å². The first-order chi connectivity index (χ1) is 18.0. The number of ether oxygens (including phenoxy) is 2. The first-order valence-electron chi connectivity index (χ1n) is 13.9. The van der Waals surface area contributed by atoms with E-state index in [1.807, 2.05) is 73.7 Å². The molecular formula is C32H43NO4. The number of benzene rings is 2. The van der Waals surface area contributed by atoms with E-state index in [1.54, 1.807) is 12.0 Å². The first kappa shape index (κ1) is 28.5. The molecular weight excluding hydrogens is 462 g/mol. The molecule has 0 bridgehead atoms. The Labute approximate surface area is 222 Å². The molecule has 2 aromatic carbocycles. The monoisotopic (exact) mass is 505 g/mol. The average Bonchev–Trinajstić information content (AvgIpc) is 2.91. The highest BCUT2D eigenvalue weighted by atomic mass is 16.5. The second-order valence-corrected chi connectivity index (χ2v) is 9.97. The highest BCUT2D eigenvalue weighted by Crippen LogP contribution is 2.37. The Morgan fingerprint density at radius 3 is 2.16 bits per heavy atom. The Balaban J connectivity index is 1.54. The molecule has 3 atom stereocenters. The van der Waals surface area contributed by atoms with Gasteiger partial charge in [0.15, 0.2) is 0 Å². The molecule has 3 rings (SSSR count). The number of hydrogen-bond acceptors (Lipinski definition) is 4. The van der Waals surface area contributed by atoms with Crippen molar-refractivity contribution in [2.24, 2.45) is 5.92 Å². The molecule has 200 valence electrons. The van der Waals surface area contributed by atoms with Crippen molar-refractivity contribution < 1.29 is 19.1 Å². The zero-order valence-corrected chi connectivity index (χ0v) is 22.7. The smallest absolute Gasteiger partial charge is 0.306 e. The van der Waals surface area contributed by atoms with Crippen LogP contribution in [0.15, 0.2) is 60.7 Å². The highest BCUT2D eigenvalue weighted by molar-refractivity contribution is 6.04. The Morgan fingerprint density at radius 2 is 1.54 bits per heavy atom. The number of β-lactam (4-membered cyclic amide) rings is 1. The number of unbranched alkanes of at least 4 members (excludes halogenated alkanes) is 8. The van der Waals surface area contributed by atoms with Crippen molar-refractivity contribution in [1.82, 2.24) is 0 Å². The molecule has 0 N–H and O–H groups in total. The van der Waals surface area contributed by atoms with E-state index in [0.29, 0.717) is 6.42 Å². The van der Waals surface area contributed by atoms with Crippen LogP contribution in [0.3, 0.4) is 0 Å². The number of anilines is 1. The number of esters is 1. The van der Waals surface area contributed by atoms with Gasteiger partial charge in [0.2, 0.25) is 5.91 Å².